The number of aromatic hydroxyl groups is 1. The highest BCUT2D eigenvalue weighted by molar-refractivity contribution is 5.73. The summed E-state index contributed by atoms with van der Waals surface area (Å²) >= 11 is 0. The van der Waals surface area contributed by atoms with Crippen molar-refractivity contribution in [2.24, 2.45) is 11.8 Å². The molecule has 0 aliphatic carbocycles. The van der Waals surface area contributed by atoms with Crippen molar-refractivity contribution in [3.63, 3.8) is 0 Å². The number of methoxy groups -OCH3 is 1. The fourth-order valence-corrected chi connectivity index (χ4v) is 2.09. The number of pyridine rings is 1. The Morgan fingerprint density at radius 2 is 2.14 bits per heavy atom. The number of rotatable bonds is 7. The zero-order chi connectivity index (χ0) is 16.7. The summed E-state index contributed by atoms with van der Waals surface area (Å²) in [6.45, 7) is 5.79. The second-order valence-electron chi connectivity index (χ2n) is 5.50. The van der Waals surface area contributed by atoms with Gasteiger partial charge >= 0.3 is 5.97 Å². The second-order valence-corrected chi connectivity index (χ2v) is 5.50. The Kier molecular flexibility index (Phi) is 6.87. The van der Waals surface area contributed by atoms with Crippen LogP contribution in [0, 0.1) is 31.1 Å². The number of carbonyl (C=O) groups excluding carboxylic acids is 1. The Labute approximate surface area is 131 Å². The molecule has 5 heteroatoms. The summed E-state index contributed by atoms with van der Waals surface area (Å²) in [5.74, 6) is 1.92. The number of aryl methyl sites for hydroxylation is 1. The number of nitrogens with zero attached hydrogens (tertiary/aromatic N) is 1. The van der Waals surface area contributed by atoms with Gasteiger partial charge in [-0.3, -0.25) is 9.78 Å². The van der Waals surface area contributed by atoms with Crippen LogP contribution >= 0.6 is 0 Å². The van der Waals surface area contributed by atoms with E-state index < -0.39 is 0 Å². The van der Waals surface area contributed by atoms with Gasteiger partial charge in [0.15, 0.2) is 0 Å². The van der Waals surface area contributed by atoms with Gasteiger partial charge < -0.3 is 14.6 Å². The maximum Gasteiger partial charge on any atom is 0.310 e. The predicted octanol–water partition coefficient (Wildman–Crippen LogP) is 2.58. The molecule has 1 aromatic heterocycles. The van der Waals surface area contributed by atoms with Crippen molar-refractivity contribution in [1.82, 2.24) is 4.98 Å². The molecule has 1 rings (SSSR count). The van der Waals surface area contributed by atoms with Gasteiger partial charge in [-0.2, -0.15) is 0 Å². The lowest BCUT2D eigenvalue weighted by Crippen LogP contribution is -2.22. The van der Waals surface area contributed by atoms with Crippen LogP contribution in [-0.4, -0.2) is 23.2 Å². The molecule has 0 saturated carbocycles. The van der Waals surface area contributed by atoms with Gasteiger partial charge in [-0.1, -0.05) is 13.8 Å². The molecule has 0 fully saturated rings. The van der Waals surface area contributed by atoms with Crippen LogP contribution in [0.5, 0.6) is 5.75 Å². The minimum Gasteiger partial charge on any atom is -0.506 e. The molecule has 0 amide bonds. The van der Waals surface area contributed by atoms with Crippen molar-refractivity contribution in [2.45, 2.75) is 40.4 Å². The van der Waals surface area contributed by atoms with E-state index in [4.69, 9.17) is 15.9 Å². The summed E-state index contributed by atoms with van der Waals surface area (Å²) < 4.78 is 10.4. The van der Waals surface area contributed by atoms with Gasteiger partial charge in [0.2, 0.25) is 0 Å². The van der Waals surface area contributed by atoms with Crippen molar-refractivity contribution < 1.29 is 19.4 Å². The number of hydrogen-bond donors (Lipinski definition) is 1. The van der Waals surface area contributed by atoms with Crippen molar-refractivity contribution in [2.75, 3.05) is 7.11 Å². The molecule has 22 heavy (non-hydrogen) atoms. The quantitative estimate of drug-likeness (QED) is 0.619. The Morgan fingerprint density at radius 1 is 1.45 bits per heavy atom. The molecule has 0 spiro atoms. The summed E-state index contributed by atoms with van der Waals surface area (Å²) in [6.07, 6.45) is 7.25. The van der Waals surface area contributed by atoms with Crippen LogP contribution in [-0.2, 0) is 27.5 Å². The topological polar surface area (TPSA) is 68.7 Å². The van der Waals surface area contributed by atoms with Crippen molar-refractivity contribution in [1.29, 1.82) is 0 Å². The third-order valence-corrected chi connectivity index (χ3v) is 3.53. The average Bonchev–Trinajstić information content (AvgIpc) is 2.47. The van der Waals surface area contributed by atoms with Crippen LogP contribution < -0.4 is 0 Å². The molecule has 1 N–H and O–H groups in total. The Morgan fingerprint density at radius 3 is 2.68 bits per heavy atom. The van der Waals surface area contributed by atoms with Gasteiger partial charge in [-0.25, -0.2) is 0 Å². The molecule has 1 heterocycles. The first kappa shape index (κ1) is 18.0. The molecule has 0 bridgehead atoms. The van der Waals surface area contributed by atoms with Crippen LogP contribution in [0.3, 0.4) is 0 Å². The first-order valence-electron chi connectivity index (χ1n) is 7.17. The molecule has 0 aliphatic rings. The van der Waals surface area contributed by atoms with Gasteiger partial charge in [-0.15, -0.1) is 12.3 Å². The smallest absolute Gasteiger partial charge is 0.310 e. The Hall–Kier alpha value is -2.06. The molecule has 1 atom stereocenters. The highest BCUT2D eigenvalue weighted by Gasteiger charge is 2.24. The molecular formula is C17H23NO4. The standard InChI is InChI=1S/C17H23NO4/c1-6-7-14(11(2)3)17(20)22-10-15-13(9-21-5)8-18-12(4)16(15)19/h1,8,11,14,19H,7,9-10H2,2-5H3. The molecule has 1 unspecified atom stereocenters. The Balaban J connectivity index is 2.89. The predicted molar refractivity (Wildman–Crippen MR) is 82.9 cm³/mol. The number of terminal acetylenes is 1. The highest BCUT2D eigenvalue weighted by Crippen LogP contribution is 2.26. The summed E-state index contributed by atoms with van der Waals surface area (Å²) in [5, 5.41) is 10.1. The van der Waals surface area contributed by atoms with E-state index in [1.165, 1.54) is 0 Å². The lowest BCUT2D eigenvalue weighted by atomic mass is 9.93. The van der Waals surface area contributed by atoms with E-state index >= 15 is 0 Å². The molecular weight excluding hydrogens is 282 g/mol. The lowest BCUT2D eigenvalue weighted by molar-refractivity contribution is -0.151. The first-order valence-corrected chi connectivity index (χ1v) is 7.17. The van der Waals surface area contributed by atoms with E-state index in [0.29, 0.717) is 23.2 Å². The van der Waals surface area contributed by atoms with Gasteiger partial charge in [-0.05, 0) is 12.8 Å². The Bertz CT molecular complexity index is 561. The zero-order valence-corrected chi connectivity index (χ0v) is 13.5. The number of carbonyl (C=O) groups is 1. The van der Waals surface area contributed by atoms with Gasteiger partial charge in [0.1, 0.15) is 12.4 Å². The number of esters is 1. The lowest BCUT2D eigenvalue weighted by Gasteiger charge is -2.18. The third kappa shape index (κ3) is 4.47. The molecule has 0 saturated heterocycles. The van der Waals surface area contributed by atoms with Crippen molar-refractivity contribution in [3.05, 3.63) is 23.0 Å². The summed E-state index contributed by atoms with van der Waals surface area (Å²) in [5.41, 5.74) is 1.69. The second kappa shape index (κ2) is 8.40. The monoisotopic (exact) mass is 305 g/mol. The fraction of sp³-hybridized carbons (Fsp3) is 0.529. The zero-order valence-electron chi connectivity index (χ0n) is 13.5. The molecule has 0 aliphatic heterocycles. The molecule has 0 aromatic carbocycles. The fourth-order valence-electron chi connectivity index (χ4n) is 2.09. The normalized spacial score (nSPS) is 12.0. The SMILES string of the molecule is C#CCC(C(=O)OCc1c(COC)cnc(C)c1O)C(C)C. The van der Waals surface area contributed by atoms with Crippen LogP contribution in [0.25, 0.3) is 0 Å². The van der Waals surface area contributed by atoms with E-state index in [0.717, 1.165) is 0 Å². The van der Waals surface area contributed by atoms with Gasteiger partial charge in [0, 0.05) is 30.9 Å². The van der Waals surface area contributed by atoms with Crippen LogP contribution in [0.4, 0.5) is 0 Å². The number of hydrogen-bond acceptors (Lipinski definition) is 5. The minimum atomic E-state index is -0.356. The largest absolute Gasteiger partial charge is 0.506 e. The molecule has 0 radical (unpaired) electrons. The minimum absolute atomic E-state index is 0.0273. The summed E-state index contributed by atoms with van der Waals surface area (Å²) in [6, 6.07) is 0. The first-order chi connectivity index (χ1) is 10.4. The molecule has 5 nitrogen and oxygen atoms in total. The van der Waals surface area contributed by atoms with E-state index in [2.05, 4.69) is 10.9 Å². The summed E-state index contributed by atoms with van der Waals surface area (Å²) in [7, 11) is 1.55. The van der Waals surface area contributed by atoms with Crippen LogP contribution in [0.15, 0.2) is 6.20 Å². The van der Waals surface area contributed by atoms with Gasteiger partial charge in [0.25, 0.3) is 0 Å². The van der Waals surface area contributed by atoms with Gasteiger partial charge in [0.05, 0.1) is 18.2 Å². The number of ether oxygens (including phenoxy) is 2. The maximum atomic E-state index is 12.2. The number of aromatic nitrogens is 1. The average molecular weight is 305 g/mol. The van der Waals surface area contributed by atoms with E-state index in [1.807, 2.05) is 13.8 Å². The van der Waals surface area contributed by atoms with Crippen molar-refractivity contribution >= 4 is 5.97 Å². The third-order valence-electron chi connectivity index (χ3n) is 3.53. The molecule has 1 aromatic rings. The van der Waals surface area contributed by atoms with E-state index in [1.54, 1.807) is 20.2 Å². The van der Waals surface area contributed by atoms with E-state index in [-0.39, 0.29) is 36.8 Å². The highest BCUT2D eigenvalue weighted by atomic mass is 16.5. The van der Waals surface area contributed by atoms with E-state index in [9.17, 15) is 9.90 Å². The maximum absolute atomic E-state index is 12.2. The molecule has 120 valence electrons. The van der Waals surface area contributed by atoms with Crippen LogP contribution in [0.1, 0.15) is 37.1 Å². The summed E-state index contributed by atoms with van der Waals surface area (Å²) in [4.78, 5) is 16.2. The van der Waals surface area contributed by atoms with Crippen molar-refractivity contribution in [3.8, 4) is 18.1 Å². The van der Waals surface area contributed by atoms with Crippen LogP contribution in [0.2, 0.25) is 0 Å².